The average Bonchev–Trinajstić information content (AvgIpc) is 2.28. The fraction of sp³-hybridized carbons (Fsp3) is 0.929. The van der Waals surface area contributed by atoms with Crippen LogP contribution in [0.25, 0.3) is 0 Å². The Labute approximate surface area is 110 Å². The molecular weight excluding hydrogens is 228 g/mol. The van der Waals surface area contributed by atoms with Crippen molar-refractivity contribution in [1.29, 1.82) is 0 Å². The molecule has 1 aliphatic carbocycles. The summed E-state index contributed by atoms with van der Waals surface area (Å²) in [4.78, 5) is 12.0. The number of nitrogens with one attached hydrogen (secondary N) is 1. The van der Waals surface area contributed by atoms with E-state index in [9.17, 15) is 4.79 Å². The van der Waals surface area contributed by atoms with Crippen LogP contribution in [0.3, 0.4) is 0 Å². The molecule has 0 aliphatic heterocycles. The standard InChI is InChI=1S/C14H28N2O2/c1-11(2)12(6-9-17)16-13(18)10-14(15)7-4-3-5-8-14/h11-12,17H,3-10,15H2,1-2H3,(H,16,18). The van der Waals surface area contributed by atoms with Gasteiger partial charge in [0.2, 0.25) is 5.91 Å². The van der Waals surface area contributed by atoms with Crippen LogP contribution in [0.1, 0.15) is 58.8 Å². The Morgan fingerprint density at radius 3 is 2.44 bits per heavy atom. The first-order valence-corrected chi connectivity index (χ1v) is 7.16. The number of rotatable bonds is 6. The molecular formula is C14H28N2O2. The number of hydrogen-bond donors (Lipinski definition) is 3. The van der Waals surface area contributed by atoms with E-state index in [4.69, 9.17) is 10.8 Å². The Bertz CT molecular complexity index is 261. The van der Waals surface area contributed by atoms with Gasteiger partial charge in [0.1, 0.15) is 0 Å². The van der Waals surface area contributed by atoms with E-state index >= 15 is 0 Å². The predicted molar refractivity (Wildman–Crippen MR) is 73.1 cm³/mol. The normalized spacial score (nSPS) is 20.7. The number of aliphatic hydroxyl groups is 1. The summed E-state index contributed by atoms with van der Waals surface area (Å²) >= 11 is 0. The molecule has 0 spiro atoms. The minimum atomic E-state index is -0.303. The summed E-state index contributed by atoms with van der Waals surface area (Å²) in [6.07, 6.45) is 6.43. The topological polar surface area (TPSA) is 75.3 Å². The minimum Gasteiger partial charge on any atom is -0.396 e. The molecule has 0 aromatic carbocycles. The van der Waals surface area contributed by atoms with Gasteiger partial charge in [-0.2, -0.15) is 0 Å². The number of carbonyl (C=O) groups excluding carboxylic acids is 1. The van der Waals surface area contributed by atoms with Crippen molar-refractivity contribution in [2.75, 3.05) is 6.61 Å². The third kappa shape index (κ3) is 4.94. The van der Waals surface area contributed by atoms with E-state index in [-0.39, 0.29) is 24.1 Å². The van der Waals surface area contributed by atoms with Gasteiger partial charge in [0.15, 0.2) is 0 Å². The van der Waals surface area contributed by atoms with E-state index in [1.54, 1.807) is 0 Å². The van der Waals surface area contributed by atoms with Crippen molar-refractivity contribution in [2.24, 2.45) is 11.7 Å². The molecule has 1 fully saturated rings. The maximum Gasteiger partial charge on any atom is 0.222 e. The molecule has 1 rings (SSSR count). The highest BCUT2D eigenvalue weighted by atomic mass is 16.3. The van der Waals surface area contributed by atoms with Gasteiger partial charge < -0.3 is 16.2 Å². The zero-order chi connectivity index (χ0) is 13.6. The highest BCUT2D eigenvalue weighted by Crippen LogP contribution is 2.28. The van der Waals surface area contributed by atoms with Gasteiger partial charge >= 0.3 is 0 Å². The summed E-state index contributed by atoms with van der Waals surface area (Å²) in [6.45, 7) is 4.22. The summed E-state index contributed by atoms with van der Waals surface area (Å²) in [7, 11) is 0. The van der Waals surface area contributed by atoms with Crippen LogP contribution < -0.4 is 11.1 Å². The largest absolute Gasteiger partial charge is 0.396 e. The fourth-order valence-corrected chi connectivity index (χ4v) is 2.72. The van der Waals surface area contributed by atoms with E-state index in [0.717, 1.165) is 25.7 Å². The van der Waals surface area contributed by atoms with Gasteiger partial charge in [-0.05, 0) is 25.2 Å². The Kier molecular flexibility index (Phi) is 6.09. The first-order valence-electron chi connectivity index (χ1n) is 7.16. The fourth-order valence-electron chi connectivity index (χ4n) is 2.72. The SMILES string of the molecule is CC(C)C(CCO)NC(=O)CC1(N)CCCCC1. The summed E-state index contributed by atoms with van der Waals surface area (Å²) in [6, 6.07) is 0.0506. The lowest BCUT2D eigenvalue weighted by Gasteiger charge is -2.33. The van der Waals surface area contributed by atoms with Crippen LogP contribution in [-0.2, 0) is 4.79 Å². The third-order valence-corrected chi connectivity index (χ3v) is 3.95. The quantitative estimate of drug-likeness (QED) is 0.675. The molecule has 0 aromatic rings. The molecule has 1 saturated carbocycles. The molecule has 4 N–H and O–H groups in total. The summed E-state index contributed by atoms with van der Waals surface area (Å²) in [5, 5.41) is 12.0. The molecule has 106 valence electrons. The van der Waals surface area contributed by atoms with Crippen LogP contribution >= 0.6 is 0 Å². The van der Waals surface area contributed by atoms with E-state index in [2.05, 4.69) is 19.2 Å². The Hall–Kier alpha value is -0.610. The van der Waals surface area contributed by atoms with Crippen molar-refractivity contribution in [2.45, 2.75) is 70.4 Å². The van der Waals surface area contributed by atoms with Gasteiger partial charge in [-0.3, -0.25) is 4.79 Å². The molecule has 1 unspecified atom stereocenters. The van der Waals surface area contributed by atoms with Crippen molar-refractivity contribution in [3.8, 4) is 0 Å². The lowest BCUT2D eigenvalue weighted by atomic mass is 9.80. The van der Waals surface area contributed by atoms with Crippen LogP contribution in [0.15, 0.2) is 0 Å². The highest BCUT2D eigenvalue weighted by molar-refractivity contribution is 5.77. The van der Waals surface area contributed by atoms with Gasteiger partial charge in [-0.1, -0.05) is 33.1 Å². The van der Waals surface area contributed by atoms with Crippen LogP contribution in [0, 0.1) is 5.92 Å². The second-order valence-corrected chi connectivity index (χ2v) is 6.03. The molecule has 4 heteroatoms. The number of amides is 1. The lowest BCUT2D eigenvalue weighted by molar-refractivity contribution is -0.123. The first-order chi connectivity index (χ1) is 8.47. The lowest BCUT2D eigenvalue weighted by Crippen LogP contribution is -2.48. The Morgan fingerprint density at radius 1 is 1.33 bits per heavy atom. The van der Waals surface area contributed by atoms with Gasteiger partial charge in [-0.15, -0.1) is 0 Å². The van der Waals surface area contributed by atoms with E-state index < -0.39 is 0 Å². The number of hydrogen-bond acceptors (Lipinski definition) is 3. The van der Waals surface area contributed by atoms with E-state index in [0.29, 0.717) is 18.8 Å². The van der Waals surface area contributed by atoms with Crippen molar-refractivity contribution in [3.63, 3.8) is 0 Å². The molecule has 0 bridgehead atoms. The highest BCUT2D eigenvalue weighted by Gasteiger charge is 2.30. The van der Waals surface area contributed by atoms with Crippen molar-refractivity contribution < 1.29 is 9.90 Å². The number of nitrogens with two attached hydrogens (primary N) is 1. The van der Waals surface area contributed by atoms with E-state index in [1.165, 1.54) is 6.42 Å². The summed E-state index contributed by atoms with van der Waals surface area (Å²) in [5.74, 6) is 0.368. The zero-order valence-electron chi connectivity index (χ0n) is 11.7. The Morgan fingerprint density at radius 2 is 1.94 bits per heavy atom. The minimum absolute atomic E-state index is 0.0338. The molecule has 0 radical (unpaired) electrons. The van der Waals surface area contributed by atoms with Gasteiger partial charge in [-0.25, -0.2) is 0 Å². The average molecular weight is 256 g/mol. The molecule has 0 saturated heterocycles. The molecule has 1 amide bonds. The van der Waals surface area contributed by atoms with Gasteiger partial charge in [0.05, 0.1) is 0 Å². The first kappa shape index (κ1) is 15.4. The van der Waals surface area contributed by atoms with Gasteiger partial charge in [0.25, 0.3) is 0 Å². The number of aliphatic hydroxyl groups excluding tert-OH is 1. The van der Waals surface area contributed by atoms with Crippen molar-refractivity contribution in [1.82, 2.24) is 5.32 Å². The van der Waals surface area contributed by atoms with Crippen LogP contribution in [0.4, 0.5) is 0 Å². The maximum atomic E-state index is 12.0. The molecule has 1 aliphatic rings. The maximum absolute atomic E-state index is 12.0. The second-order valence-electron chi connectivity index (χ2n) is 6.03. The zero-order valence-corrected chi connectivity index (χ0v) is 11.7. The molecule has 4 nitrogen and oxygen atoms in total. The van der Waals surface area contributed by atoms with Crippen molar-refractivity contribution >= 4 is 5.91 Å². The molecule has 1 atom stereocenters. The molecule has 18 heavy (non-hydrogen) atoms. The predicted octanol–water partition coefficient (Wildman–Crippen LogP) is 1.56. The summed E-state index contributed by atoms with van der Waals surface area (Å²) < 4.78 is 0. The molecule has 0 heterocycles. The smallest absolute Gasteiger partial charge is 0.222 e. The van der Waals surface area contributed by atoms with Crippen LogP contribution in [-0.4, -0.2) is 29.2 Å². The van der Waals surface area contributed by atoms with Gasteiger partial charge in [0, 0.05) is 24.6 Å². The second kappa shape index (κ2) is 7.10. The van der Waals surface area contributed by atoms with E-state index in [1.807, 2.05) is 0 Å². The molecule has 0 aromatic heterocycles. The Balaban J connectivity index is 2.43. The van der Waals surface area contributed by atoms with Crippen LogP contribution in [0.5, 0.6) is 0 Å². The monoisotopic (exact) mass is 256 g/mol. The third-order valence-electron chi connectivity index (χ3n) is 3.95. The number of carbonyl (C=O) groups is 1. The summed E-state index contributed by atoms with van der Waals surface area (Å²) in [5.41, 5.74) is 5.97. The van der Waals surface area contributed by atoms with Crippen molar-refractivity contribution in [3.05, 3.63) is 0 Å². The van der Waals surface area contributed by atoms with Crippen LogP contribution in [0.2, 0.25) is 0 Å².